The van der Waals surface area contributed by atoms with Crippen molar-refractivity contribution in [2.75, 3.05) is 0 Å². The monoisotopic (exact) mass is 394 g/mol. The predicted molar refractivity (Wildman–Crippen MR) is 103 cm³/mol. The molecule has 7 heteroatoms. The van der Waals surface area contributed by atoms with Crippen LogP contribution in [-0.2, 0) is 6.42 Å². The van der Waals surface area contributed by atoms with Gasteiger partial charge in [-0.25, -0.2) is 13.5 Å². The number of carbonyl (C=O) groups excluding carboxylic acids is 1. The van der Waals surface area contributed by atoms with Gasteiger partial charge in [0.1, 0.15) is 11.5 Å². The first-order valence-corrected chi connectivity index (χ1v) is 9.73. The molecule has 1 aromatic carbocycles. The molecular formula is C22H20F2N4O. The molecule has 5 rings (SSSR count). The smallest absolute Gasteiger partial charge is 0.272 e. The first-order valence-electron chi connectivity index (χ1n) is 9.73. The number of carbonyl (C=O) groups is 1. The van der Waals surface area contributed by atoms with Crippen molar-refractivity contribution in [2.45, 2.75) is 38.6 Å². The predicted octanol–water partition coefficient (Wildman–Crippen LogP) is 4.00. The van der Waals surface area contributed by atoms with Gasteiger partial charge in [-0.2, -0.15) is 5.10 Å². The zero-order valence-electron chi connectivity index (χ0n) is 16.1. The molecule has 0 bridgehead atoms. The van der Waals surface area contributed by atoms with Crippen molar-refractivity contribution >= 4 is 5.91 Å². The van der Waals surface area contributed by atoms with E-state index in [4.69, 9.17) is 0 Å². The molecule has 1 saturated carbocycles. The van der Waals surface area contributed by atoms with Crippen LogP contribution in [0.4, 0.5) is 8.78 Å². The maximum absolute atomic E-state index is 14.4. The maximum atomic E-state index is 14.4. The Morgan fingerprint density at radius 1 is 1.28 bits per heavy atom. The molecule has 1 fully saturated rings. The number of hydrogen-bond acceptors (Lipinski definition) is 3. The molecule has 5 nitrogen and oxygen atoms in total. The summed E-state index contributed by atoms with van der Waals surface area (Å²) in [5.41, 5.74) is 4.04. The first kappa shape index (κ1) is 18.0. The van der Waals surface area contributed by atoms with Crippen LogP contribution < -0.4 is 5.32 Å². The van der Waals surface area contributed by atoms with E-state index in [1.165, 1.54) is 16.8 Å². The second kappa shape index (κ2) is 6.47. The largest absolute Gasteiger partial charge is 0.343 e. The second-order valence-corrected chi connectivity index (χ2v) is 7.98. The van der Waals surface area contributed by atoms with Crippen molar-refractivity contribution in [1.82, 2.24) is 20.1 Å². The number of fused-ring (bicyclic) bond motifs is 3. The molecule has 29 heavy (non-hydrogen) atoms. The van der Waals surface area contributed by atoms with Gasteiger partial charge in [0.15, 0.2) is 11.5 Å². The van der Waals surface area contributed by atoms with E-state index in [0.29, 0.717) is 17.5 Å². The van der Waals surface area contributed by atoms with Gasteiger partial charge in [-0.05, 0) is 56.4 Å². The molecule has 2 heterocycles. The molecule has 1 amide bonds. The number of benzene rings is 1. The molecule has 2 aliphatic carbocycles. The zero-order chi connectivity index (χ0) is 20.3. The third-order valence-electron chi connectivity index (χ3n) is 5.84. The normalized spacial score (nSPS) is 20.1. The van der Waals surface area contributed by atoms with E-state index in [2.05, 4.69) is 15.4 Å². The van der Waals surface area contributed by atoms with Crippen LogP contribution in [0.25, 0.3) is 5.69 Å². The second-order valence-electron chi connectivity index (χ2n) is 7.98. The average molecular weight is 394 g/mol. The van der Waals surface area contributed by atoms with Gasteiger partial charge in [0.2, 0.25) is 0 Å². The minimum absolute atomic E-state index is 0.169. The summed E-state index contributed by atoms with van der Waals surface area (Å²) in [7, 11) is 0. The molecule has 3 aromatic rings. The Morgan fingerprint density at radius 3 is 2.83 bits per heavy atom. The summed E-state index contributed by atoms with van der Waals surface area (Å²) >= 11 is 0. The van der Waals surface area contributed by atoms with Crippen molar-refractivity contribution < 1.29 is 13.6 Å². The van der Waals surface area contributed by atoms with Crippen LogP contribution in [0.1, 0.15) is 58.3 Å². The third kappa shape index (κ3) is 3.01. The molecule has 2 aliphatic rings. The molecule has 148 valence electrons. The SMILES string of the molecule is Cc1ccc(C(C)NC(=O)c2nn(-c3ccc(F)cc3F)c3c2C[C@H]2C[C@@H]32)nc1. The lowest BCUT2D eigenvalue weighted by Gasteiger charge is -2.13. The van der Waals surface area contributed by atoms with Gasteiger partial charge in [-0.3, -0.25) is 9.78 Å². The molecule has 2 aromatic heterocycles. The van der Waals surface area contributed by atoms with Gasteiger partial charge in [0, 0.05) is 23.7 Å². The highest BCUT2D eigenvalue weighted by Crippen LogP contribution is 2.57. The van der Waals surface area contributed by atoms with E-state index in [1.54, 1.807) is 6.20 Å². The fourth-order valence-corrected chi connectivity index (χ4v) is 4.21. The summed E-state index contributed by atoms with van der Waals surface area (Å²) in [6.07, 6.45) is 3.55. The molecule has 0 aliphatic heterocycles. The van der Waals surface area contributed by atoms with Crippen LogP contribution in [-0.4, -0.2) is 20.7 Å². The van der Waals surface area contributed by atoms with Crippen LogP contribution in [0.15, 0.2) is 36.5 Å². The third-order valence-corrected chi connectivity index (χ3v) is 5.84. The van der Waals surface area contributed by atoms with Crippen molar-refractivity contribution in [3.63, 3.8) is 0 Å². The fourth-order valence-electron chi connectivity index (χ4n) is 4.21. The Labute approximate surface area is 166 Å². The average Bonchev–Trinajstić information content (AvgIpc) is 3.18. The fraction of sp³-hybridized carbons (Fsp3) is 0.318. The number of hydrogen-bond donors (Lipinski definition) is 1. The molecule has 0 saturated heterocycles. The van der Waals surface area contributed by atoms with Crippen LogP contribution >= 0.6 is 0 Å². The number of pyridine rings is 1. The number of amides is 1. The van der Waals surface area contributed by atoms with Gasteiger partial charge in [0.25, 0.3) is 5.91 Å². The summed E-state index contributed by atoms with van der Waals surface area (Å²) in [5, 5.41) is 7.40. The van der Waals surface area contributed by atoms with E-state index < -0.39 is 11.6 Å². The maximum Gasteiger partial charge on any atom is 0.272 e. The zero-order valence-corrected chi connectivity index (χ0v) is 16.1. The van der Waals surface area contributed by atoms with Crippen molar-refractivity contribution in [2.24, 2.45) is 5.92 Å². The topological polar surface area (TPSA) is 59.8 Å². The van der Waals surface area contributed by atoms with Crippen molar-refractivity contribution in [1.29, 1.82) is 0 Å². The van der Waals surface area contributed by atoms with E-state index in [9.17, 15) is 13.6 Å². The van der Waals surface area contributed by atoms with Crippen LogP contribution in [0.3, 0.4) is 0 Å². The van der Waals surface area contributed by atoms with Crippen LogP contribution in [0, 0.1) is 24.5 Å². The summed E-state index contributed by atoms with van der Waals surface area (Å²) in [4.78, 5) is 17.4. The van der Waals surface area contributed by atoms with E-state index >= 15 is 0 Å². The van der Waals surface area contributed by atoms with Crippen molar-refractivity contribution in [3.05, 3.63) is 76.4 Å². The molecule has 1 N–H and O–H groups in total. The van der Waals surface area contributed by atoms with Gasteiger partial charge in [-0.1, -0.05) is 6.07 Å². The molecule has 3 atom stereocenters. The lowest BCUT2D eigenvalue weighted by atomic mass is 10.1. The van der Waals surface area contributed by atoms with Crippen LogP contribution in [0.5, 0.6) is 0 Å². The molecule has 0 spiro atoms. The minimum atomic E-state index is -0.691. The summed E-state index contributed by atoms with van der Waals surface area (Å²) in [6, 6.07) is 6.95. The minimum Gasteiger partial charge on any atom is -0.343 e. The summed E-state index contributed by atoms with van der Waals surface area (Å²) in [5.74, 6) is -0.862. The van der Waals surface area contributed by atoms with Gasteiger partial charge < -0.3 is 5.32 Å². The highest BCUT2D eigenvalue weighted by molar-refractivity contribution is 5.94. The Kier molecular flexibility index (Phi) is 4.01. The number of nitrogens with zero attached hydrogens (tertiary/aromatic N) is 3. The highest BCUT2D eigenvalue weighted by atomic mass is 19.1. The van der Waals surface area contributed by atoms with Crippen LogP contribution in [0.2, 0.25) is 0 Å². The number of aromatic nitrogens is 3. The number of nitrogens with one attached hydrogen (secondary N) is 1. The Bertz CT molecular complexity index is 1120. The van der Waals surface area contributed by atoms with Gasteiger partial charge >= 0.3 is 0 Å². The Morgan fingerprint density at radius 2 is 2.10 bits per heavy atom. The van der Waals surface area contributed by atoms with Gasteiger partial charge in [0.05, 0.1) is 17.4 Å². The molecule has 0 radical (unpaired) electrons. The molecular weight excluding hydrogens is 374 g/mol. The van der Waals surface area contributed by atoms with E-state index in [1.807, 2.05) is 26.0 Å². The quantitative estimate of drug-likeness (QED) is 0.728. The lowest BCUT2D eigenvalue weighted by Crippen LogP contribution is -2.28. The van der Waals surface area contributed by atoms with Crippen molar-refractivity contribution in [3.8, 4) is 5.69 Å². The van der Waals surface area contributed by atoms with E-state index in [0.717, 1.165) is 41.4 Å². The standard InChI is InChI=1S/C22H20F2N4O/c1-11-3-5-18(25-10-11)12(2)26-22(29)20-16-8-13-7-15(13)21(16)28(27-20)19-6-4-14(23)9-17(19)24/h3-6,9-10,12-13,15H,7-8H2,1-2H3,(H,26,29)/t12?,13-,15-/m1/s1. The first-order chi connectivity index (χ1) is 13.9. The molecule has 1 unspecified atom stereocenters. The number of rotatable bonds is 4. The van der Waals surface area contributed by atoms with Gasteiger partial charge in [-0.15, -0.1) is 0 Å². The summed E-state index contributed by atoms with van der Waals surface area (Å²) < 4.78 is 29.2. The summed E-state index contributed by atoms with van der Waals surface area (Å²) in [6.45, 7) is 3.82. The lowest BCUT2D eigenvalue weighted by molar-refractivity contribution is 0.0932. The van der Waals surface area contributed by atoms with E-state index in [-0.39, 0.29) is 17.6 Å². The number of halogens is 2. The number of aryl methyl sites for hydroxylation is 1. The Hall–Kier alpha value is -3.09. The Balaban J connectivity index is 1.49. The highest BCUT2D eigenvalue weighted by Gasteiger charge is 2.50.